The van der Waals surface area contributed by atoms with Crippen LogP contribution in [0, 0.1) is 11.3 Å². The molecular formula is C24H28N6O3. The summed E-state index contributed by atoms with van der Waals surface area (Å²) in [5.74, 6) is -1.82. The van der Waals surface area contributed by atoms with Crippen LogP contribution in [0.2, 0.25) is 0 Å². The molecule has 2 atom stereocenters. The van der Waals surface area contributed by atoms with E-state index in [1.165, 1.54) is 24.7 Å². The third-order valence-electron chi connectivity index (χ3n) is 5.54. The fraction of sp³-hybridized carbons (Fsp3) is 0.292. The number of hydrogen-bond donors (Lipinski definition) is 4. The van der Waals surface area contributed by atoms with Gasteiger partial charge in [-0.3, -0.25) is 19.4 Å². The lowest BCUT2D eigenvalue weighted by Crippen LogP contribution is -2.46. The molecule has 5 N–H and O–H groups in total. The molecular weight excluding hydrogens is 420 g/mol. The molecule has 2 heterocycles. The number of rotatable bonds is 6. The van der Waals surface area contributed by atoms with Gasteiger partial charge in [0, 0.05) is 30.8 Å². The molecule has 3 amide bonds. The van der Waals surface area contributed by atoms with E-state index in [0.29, 0.717) is 6.54 Å². The Morgan fingerprint density at radius 2 is 1.88 bits per heavy atom. The van der Waals surface area contributed by atoms with Crippen molar-refractivity contribution in [1.82, 2.24) is 9.88 Å². The van der Waals surface area contributed by atoms with Gasteiger partial charge in [0.1, 0.15) is 0 Å². The van der Waals surface area contributed by atoms with Crippen molar-refractivity contribution in [3.8, 4) is 0 Å². The number of nitrogens with zero attached hydrogens (tertiary/aromatic N) is 2. The quantitative estimate of drug-likeness (QED) is 0.397. The highest BCUT2D eigenvalue weighted by Gasteiger charge is 2.34. The van der Waals surface area contributed by atoms with E-state index >= 15 is 0 Å². The highest BCUT2D eigenvalue weighted by atomic mass is 16.2. The molecule has 1 aliphatic heterocycles. The number of nitrogens with two attached hydrogens (primary N) is 1. The standard InChI is InChI=1S/C24H28N6O3/c1-15-3-8-21(17-4-6-19(7-5-17)28-11-16(2)10-25)30(14-15)24(33)23(32)29-20-9-18(22(26)31)12-27-13-20/h4-7,9-13,15,21,25,28H,3,8,14H2,1-2H3,(H2,26,31)(H,29,32)/b16-11-,25-10?/t15-,21+/m1/s1. The molecule has 1 aliphatic rings. The van der Waals surface area contributed by atoms with E-state index in [-0.39, 0.29) is 23.2 Å². The van der Waals surface area contributed by atoms with E-state index in [1.807, 2.05) is 31.2 Å². The van der Waals surface area contributed by atoms with Gasteiger partial charge in [0.15, 0.2) is 0 Å². The minimum Gasteiger partial charge on any atom is -0.366 e. The van der Waals surface area contributed by atoms with Gasteiger partial charge in [0.05, 0.1) is 23.5 Å². The number of carbonyl (C=O) groups excluding carboxylic acids is 3. The minimum atomic E-state index is -0.789. The Balaban J connectivity index is 1.75. The van der Waals surface area contributed by atoms with Crippen molar-refractivity contribution in [1.29, 1.82) is 5.41 Å². The normalized spacial score (nSPS) is 18.4. The van der Waals surface area contributed by atoms with Gasteiger partial charge in [0.25, 0.3) is 0 Å². The molecule has 0 aliphatic carbocycles. The van der Waals surface area contributed by atoms with Crippen molar-refractivity contribution >= 4 is 35.3 Å². The van der Waals surface area contributed by atoms with Crippen molar-refractivity contribution in [2.24, 2.45) is 11.7 Å². The molecule has 1 saturated heterocycles. The van der Waals surface area contributed by atoms with Gasteiger partial charge in [-0.25, -0.2) is 0 Å². The zero-order valence-corrected chi connectivity index (χ0v) is 18.7. The Bertz CT molecular complexity index is 1080. The maximum Gasteiger partial charge on any atom is 0.313 e. The fourth-order valence-electron chi connectivity index (χ4n) is 3.72. The second-order valence-electron chi connectivity index (χ2n) is 8.24. The average Bonchev–Trinajstić information content (AvgIpc) is 2.82. The van der Waals surface area contributed by atoms with Gasteiger partial charge < -0.3 is 26.7 Å². The molecule has 9 nitrogen and oxygen atoms in total. The number of allylic oxidation sites excluding steroid dienone is 1. The number of benzene rings is 1. The van der Waals surface area contributed by atoms with E-state index in [2.05, 4.69) is 22.5 Å². The zero-order chi connectivity index (χ0) is 24.0. The van der Waals surface area contributed by atoms with Crippen LogP contribution in [-0.4, -0.2) is 40.4 Å². The molecule has 0 radical (unpaired) electrons. The Kier molecular flexibility index (Phi) is 7.55. The predicted octanol–water partition coefficient (Wildman–Crippen LogP) is 3.08. The zero-order valence-electron chi connectivity index (χ0n) is 18.7. The lowest BCUT2D eigenvalue weighted by atomic mass is 9.89. The summed E-state index contributed by atoms with van der Waals surface area (Å²) in [6, 6.07) is 8.86. The largest absolute Gasteiger partial charge is 0.366 e. The van der Waals surface area contributed by atoms with Crippen LogP contribution in [0.4, 0.5) is 11.4 Å². The number of pyridine rings is 1. The summed E-state index contributed by atoms with van der Waals surface area (Å²) >= 11 is 0. The van der Waals surface area contributed by atoms with Gasteiger partial charge in [-0.2, -0.15) is 0 Å². The van der Waals surface area contributed by atoms with Crippen LogP contribution in [0.25, 0.3) is 0 Å². The van der Waals surface area contributed by atoms with Crippen LogP contribution in [0.1, 0.15) is 48.7 Å². The Morgan fingerprint density at radius 3 is 2.55 bits per heavy atom. The number of aromatic nitrogens is 1. The molecule has 0 unspecified atom stereocenters. The highest BCUT2D eigenvalue weighted by molar-refractivity contribution is 6.39. The van der Waals surface area contributed by atoms with Crippen LogP contribution in [-0.2, 0) is 9.59 Å². The number of anilines is 2. The van der Waals surface area contributed by atoms with Crippen molar-refractivity contribution < 1.29 is 14.4 Å². The summed E-state index contributed by atoms with van der Waals surface area (Å²) in [6.07, 6.45) is 7.35. The van der Waals surface area contributed by atoms with Crippen LogP contribution in [0.3, 0.4) is 0 Å². The first kappa shape index (κ1) is 23.6. The van der Waals surface area contributed by atoms with Gasteiger partial charge in [0.2, 0.25) is 5.91 Å². The molecule has 3 rings (SSSR count). The summed E-state index contributed by atoms with van der Waals surface area (Å²) in [5, 5.41) is 12.9. The highest BCUT2D eigenvalue weighted by Crippen LogP contribution is 2.34. The summed E-state index contributed by atoms with van der Waals surface area (Å²) in [6.45, 7) is 4.35. The lowest BCUT2D eigenvalue weighted by Gasteiger charge is -2.38. The van der Waals surface area contributed by atoms with Gasteiger partial charge in [-0.05, 0) is 55.0 Å². The van der Waals surface area contributed by atoms with Crippen molar-refractivity contribution in [3.63, 3.8) is 0 Å². The van der Waals surface area contributed by atoms with E-state index < -0.39 is 17.7 Å². The van der Waals surface area contributed by atoms with Gasteiger partial charge in [-0.1, -0.05) is 19.1 Å². The SMILES string of the molecule is C/C(C=N)=C/Nc1ccc([C@@H]2CC[C@@H](C)CN2C(=O)C(=O)Nc2cncc(C(N)=O)c2)cc1. The topological polar surface area (TPSA) is 141 Å². The summed E-state index contributed by atoms with van der Waals surface area (Å²) in [7, 11) is 0. The van der Waals surface area contributed by atoms with Gasteiger partial charge in [-0.15, -0.1) is 0 Å². The van der Waals surface area contributed by atoms with Crippen LogP contribution >= 0.6 is 0 Å². The molecule has 172 valence electrons. The van der Waals surface area contributed by atoms with Crippen molar-refractivity contribution in [2.75, 3.05) is 17.2 Å². The first-order valence-corrected chi connectivity index (χ1v) is 10.7. The molecule has 0 spiro atoms. The van der Waals surface area contributed by atoms with E-state index in [1.54, 1.807) is 11.1 Å². The van der Waals surface area contributed by atoms with Crippen molar-refractivity contribution in [2.45, 2.75) is 32.7 Å². The van der Waals surface area contributed by atoms with E-state index in [9.17, 15) is 14.4 Å². The molecule has 33 heavy (non-hydrogen) atoms. The third kappa shape index (κ3) is 6.03. The van der Waals surface area contributed by atoms with Crippen LogP contribution in [0.15, 0.2) is 54.5 Å². The van der Waals surface area contributed by atoms with Gasteiger partial charge >= 0.3 is 11.8 Å². The van der Waals surface area contributed by atoms with E-state index in [4.69, 9.17) is 11.1 Å². The first-order valence-electron chi connectivity index (χ1n) is 10.7. The monoisotopic (exact) mass is 448 g/mol. The average molecular weight is 449 g/mol. The Labute approximate surface area is 192 Å². The molecule has 9 heteroatoms. The molecule has 1 fully saturated rings. The number of likely N-dealkylation sites (tertiary alicyclic amines) is 1. The number of primary amides is 1. The number of hydrogen-bond acceptors (Lipinski definition) is 6. The lowest BCUT2D eigenvalue weighted by molar-refractivity contribution is -0.146. The Hall–Kier alpha value is -4.01. The second-order valence-corrected chi connectivity index (χ2v) is 8.24. The summed E-state index contributed by atoms with van der Waals surface area (Å²) in [4.78, 5) is 42.7. The fourth-order valence-corrected chi connectivity index (χ4v) is 3.72. The van der Waals surface area contributed by atoms with Crippen molar-refractivity contribution in [3.05, 3.63) is 65.6 Å². The number of piperidine rings is 1. The second kappa shape index (κ2) is 10.5. The smallest absolute Gasteiger partial charge is 0.313 e. The maximum atomic E-state index is 13.1. The third-order valence-corrected chi connectivity index (χ3v) is 5.54. The van der Waals surface area contributed by atoms with Crippen LogP contribution in [0.5, 0.6) is 0 Å². The molecule has 1 aromatic heterocycles. The molecule has 0 bridgehead atoms. The summed E-state index contributed by atoms with van der Waals surface area (Å²) < 4.78 is 0. The number of carbonyl (C=O) groups is 3. The number of nitrogens with one attached hydrogen (secondary N) is 3. The minimum absolute atomic E-state index is 0.143. The summed E-state index contributed by atoms with van der Waals surface area (Å²) in [5.41, 5.74) is 8.23. The Morgan fingerprint density at radius 1 is 1.15 bits per heavy atom. The predicted molar refractivity (Wildman–Crippen MR) is 127 cm³/mol. The van der Waals surface area contributed by atoms with Crippen LogP contribution < -0.4 is 16.4 Å². The molecule has 2 aromatic rings. The molecule has 1 aromatic carbocycles. The first-order chi connectivity index (χ1) is 15.8. The van der Waals surface area contributed by atoms with E-state index in [0.717, 1.165) is 29.7 Å². The number of amides is 3. The molecule has 0 saturated carbocycles. The maximum absolute atomic E-state index is 13.1.